The lowest BCUT2D eigenvalue weighted by molar-refractivity contribution is 0.0690. The van der Waals surface area contributed by atoms with E-state index in [9.17, 15) is 9.59 Å². The molecule has 1 amide bonds. The highest BCUT2D eigenvalue weighted by Crippen LogP contribution is 2.11. The standard InChI is InChI=1S/C14H14N4O3/c1-8-4-10(13(15)19)5-12(18-8)17-7-9-2-3-11(14(20)21)16-6-9/h2-6H,7H2,1H3,(H2,15,19)(H,17,18)(H,20,21). The van der Waals surface area contributed by atoms with E-state index in [-0.39, 0.29) is 5.69 Å². The average molecular weight is 286 g/mol. The van der Waals surface area contributed by atoms with Crippen LogP contribution in [0, 0.1) is 6.92 Å². The van der Waals surface area contributed by atoms with Crippen LogP contribution in [0.5, 0.6) is 0 Å². The summed E-state index contributed by atoms with van der Waals surface area (Å²) < 4.78 is 0. The van der Waals surface area contributed by atoms with Gasteiger partial charge in [-0.15, -0.1) is 0 Å². The molecule has 0 aliphatic rings. The minimum absolute atomic E-state index is 0.0107. The summed E-state index contributed by atoms with van der Waals surface area (Å²) in [5, 5.41) is 11.8. The van der Waals surface area contributed by atoms with Crippen LogP contribution in [0.1, 0.15) is 32.1 Å². The van der Waals surface area contributed by atoms with E-state index in [1.54, 1.807) is 25.1 Å². The van der Waals surface area contributed by atoms with Gasteiger partial charge in [0.05, 0.1) is 0 Å². The molecule has 0 fully saturated rings. The molecule has 0 saturated carbocycles. The predicted molar refractivity (Wildman–Crippen MR) is 76.0 cm³/mol. The molecule has 2 heterocycles. The molecule has 4 N–H and O–H groups in total. The molecule has 0 atom stereocenters. The van der Waals surface area contributed by atoms with Crippen molar-refractivity contribution in [2.45, 2.75) is 13.5 Å². The molecule has 2 aromatic heterocycles. The van der Waals surface area contributed by atoms with Gasteiger partial charge in [-0.2, -0.15) is 0 Å². The number of pyridine rings is 2. The summed E-state index contributed by atoms with van der Waals surface area (Å²) in [5.41, 5.74) is 7.08. The number of anilines is 1. The van der Waals surface area contributed by atoms with Crippen molar-refractivity contribution < 1.29 is 14.7 Å². The summed E-state index contributed by atoms with van der Waals surface area (Å²) in [6, 6.07) is 6.26. The fourth-order valence-corrected chi connectivity index (χ4v) is 1.75. The lowest BCUT2D eigenvalue weighted by Gasteiger charge is -2.08. The second-order valence-electron chi connectivity index (χ2n) is 4.46. The number of carboxylic acids is 1. The SMILES string of the molecule is Cc1cc(C(N)=O)cc(NCc2ccc(C(=O)O)nc2)n1. The zero-order valence-electron chi connectivity index (χ0n) is 11.3. The molecule has 21 heavy (non-hydrogen) atoms. The highest BCUT2D eigenvalue weighted by atomic mass is 16.4. The third-order valence-electron chi connectivity index (χ3n) is 2.76. The van der Waals surface area contributed by atoms with Gasteiger partial charge in [-0.05, 0) is 30.7 Å². The van der Waals surface area contributed by atoms with Gasteiger partial charge in [0, 0.05) is 24.0 Å². The Bertz CT molecular complexity index is 683. The first-order valence-corrected chi connectivity index (χ1v) is 6.16. The third kappa shape index (κ3) is 3.75. The number of carbonyl (C=O) groups excluding carboxylic acids is 1. The zero-order valence-corrected chi connectivity index (χ0v) is 11.3. The van der Waals surface area contributed by atoms with Gasteiger partial charge >= 0.3 is 5.97 Å². The number of primary amides is 1. The molecule has 0 spiro atoms. The van der Waals surface area contributed by atoms with Crippen molar-refractivity contribution in [2.24, 2.45) is 5.73 Å². The molecule has 7 nitrogen and oxygen atoms in total. The van der Waals surface area contributed by atoms with E-state index in [1.807, 2.05) is 0 Å². The molecule has 2 aromatic rings. The molecular formula is C14H14N4O3. The molecule has 0 radical (unpaired) electrons. The predicted octanol–water partition coefficient (Wildman–Crippen LogP) is 1.19. The third-order valence-corrected chi connectivity index (χ3v) is 2.76. The Morgan fingerprint density at radius 3 is 2.67 bits per heavy atom. The number of aromatic nitrogens is 2. The number of nitrogens with zero attached hydrogens (tertiary/aromatic N) is 2. The van der Waals surface area contributed by atoms with E-state index in [4.69, 9.17) is 10.8 Å². The van der Waals surface area contributed by atoms with E-state index in [1.165, 1.54) is 12.3 Å². The van der Waals surface area contributed by atoms with Crippen LogP contribution in [-0.2, 0) is 6.54 Å². The van der Waals surface area contributed by atoms with Crippen molar-refractivity contribution in [3.05, 3.63) is 53.0 Å². The maximum atomic E-state index is 11.2. The molecule has 108 valence electrons. The van der Waals surface area contributed by atoms with Crippen LogP contribution in [0.3, 0.4) is 0 Å². The monoisotopic (exact) mass is 286 g/mol. The van der Waals surface area contributed by atoms with Crippen molar-refractivity contribution in [2.75, 3.05) is 5.32 Å². The van der Waals surface area contributed by atoms with E-state index in [0.717, 1.165) is 5.56 Å². The molecule has 0 unspecified atom stereocenters. The van der Waals surface area contributed by atoms with Crippen LogP contribution in [-0.4, -0.2) is 27.0 Å². The Morgan fingerprint density at radius 2 is 2.10 bits per heavy atom. The summed E-state index contributed by atoms with van der Waals surface area (Å²) in [6.45, 7) is 2.17. The number of hydrogen-bond acceptors (Lipinski definition) is 5. The van der Waals surface area contributed by atoms with Gasteiger partial charge in [-0.1, -0.05) is 6.07 Å². The first kappa shape index (κ1) is 14.4. The van der Waals surface area contributed by atoms with Crippen molar-refractivity contribution in [3.63, 3.8) is 0 Å². The van der Waals surface area contributed by atoms with E-state index >= 15 is 0 Å². The van der Waals surface area contributed by atoms with Gasteiger partial charge in [0.1, 0.15) is 11.5 Å². The molecule has 0 saturated heterocycles. The fraction of sp³-hybridized carbons (Fsp3) is 0.143. The lowest BCUT2D eigenvalue weighted by atomic mass is 10.2. The maximum Gasteiger partial charge on any atom is 0.354 e. The van der Waals surface area contributed by atoms with Crippen LogP contribution in [0.25, 0.3) is 0 Å². The number of carbonyl (C=O) groups is 2. The maximum absolute atomic E-state index is 11.2. The van der Waals surface area contributed by atoms with Crippen molar-refractivity contribution in [1.82, 2.24) is 9.97 Å². The first-order valence-electron chi connectivity index (χ1n) is 6.16. The van der Waals surface area contributed by atoms with Gasteiger partial charge in [0.2, 0.25) is 5.91 Å². The summed E-state index contributed by atoms with van der Waals surface area (Å²) >= 11 is 0. The average Bonchev–Trinajstić information content (AvgIpc) is 2.45. The first-order chi connectivity index (χ1) is 9.95. The number of aromatic carboxylic acids is 1. The van der Waals surface area contributed by atoms with Crippen LogP contribution < -0.4 is 11.1 Å². The second kappa shape index (κ2) is 6.00. The highest BCUT2D eigenvalue weighted by molar-refractivity contribution is 5.93. The van der Waals surface area contributed by atoms with Crippen molar-refractivity contribution >= 4 is 17.7 Å². The number of nitrogens with one attached hydrogen (secondary N) is 1. The van der Waals surface area contributed by atoms with Crippen LogP contribution >= 0.6 is 0 Å². The fourth-order valence-electron chi connectivity index (χ4n) is 1.75. The van der Waals surface area contributed by atoms with E-state index in [0.29, 0.717) is 23.6 Å². The molecule has 0 aromatic carbocycles. The van der Waals surface area contributed by atoms with Gasteiger partial charge in [-0.3, -0.25) is 4.79 Å². The number of aryl methyl sites for hydroxylation is 1. The number of carboxylic acid groups (broad SMARTS) is 1. The summed E-state index contributed by atoms with van der Waals surface area (Å²) in [7, 11) is 0. The highest BCUT2D eigenvalue weighted by Gasteiger charge is 2.06. The van der Waals surface area contributed by atoms with Crippen molar-refractivity contribution in [3.8, 4) is 0 Å². The Kier molecular flexibility index (Phi) is 4.13. The van der Waals surface area contributed by atoms with Crippen LogP contribution in [0.15, 0.2) is 30.5 Å². The minimum Gasteiger partial charge on any atom is -0.477 e. The Labute approximate surface area is 120 Å². The van der Waals surface area contributed by atoms with Crippen LogP contribution in [0.2, 0.25) is 0 Å². The Morgan fingerprint density at radius 1 is 1.33 bits per heavy atom. The number of rotatable bonds is 5. The summed E-state index contributed by atoms with van der Waals surface area (Å²) in [4.78, 5) is 29.9. The van der Waals surface area contributed by atoms with Crippen LogP contribution in [0.4, 0.5) is 5.82 Å². The number of amides is 1. The molecule has 0 aliphatic heterocycles. The molecule has 2 rings (SSSR count). The van der Waals surface area contributed by atoms with Gasteiger partial charge in [0.15, 0.2) is 0 Å². The second-order valence-corrected chi connectivity index (χ2v) is 4.46. The van der Waals surface area contributed by atoms with Gasteiger partial charge in [0.25, 0.3) is 0 Å². The topological polar surface area (TPSA) is 118 Å². The van der Waals surface area contributed by atoms with Gasteiger partial charge in [-0.25, -0.2) is 14.8 Å². The number of hydrogen-bond donors (Lipinski definition) is 3. The molecule has 7 heteroatoms. The zero-order chi connectivity index (χ0) is 15.4. The summed E-state index contributed by atoms with van der Waals surface area (Å²) in [6.07, 6.45) is 1.47. The van der Waals surface area contributed by atoms with Gasteiger partial charge < -0.3 is 16.2 Å². The van der Waals surface area contributed by atoms with Crippen molar-refractivity contribution in [1.29, 1.82) is 0 Å². The van der Waals surface area contributed by atoms with E-state index < -0.39 is 11.9 Å². The largest absolute Gasteiger partial charge is 0.477 e. The Balaban J connectivity index is 2.09. The molecule has 0 bridgehead atoms. The quantitative estimate of drug-likeness (QED) is 0.759. The van der Waals surface area contributed by atoms with E-state index in [2.05, 4.69) is 15.3 Å². The molecule has 0 aliphatic carbocycles. The lowest BCUT2D eigenvalue weighted by Crippen LogP contribution is -2.13. The smallest absolute Gasteiger partial charge is 0.354 e. The Hall–Kier alpha value is -2.96. The molecular weight excluding hydrogens is 272 g/mol. The minimum atomic E-state index is -1.07. The number of nitrogens with two attached hydrogens (primary N) is 1. The summed E-state index contributed by atoms with van der Waals surface area (Å²) in [5.74, 6) is -1.07. The normalized spacial score (nSPS) is 10.1.